The predicted molar refractivity (Wildman–Crippen MR) is 125 cm³/mol. The molecular formula is C25H32O12. The summed E-state index contributed by atoms with van der Waals surface area (Å²) >= 11 is 0. The van der Waals surface area contributed by atoms with Crippen LogP contribution in [0.2, 0.25) is 0 Å². The first-order valence-corrected chi connectivity index (χ1v) is 11.5. The van der Waals surface area contributed by atoms with Gasteiger partial charge in [0.25, 0.3) is 0 Å². The second kappa shape index (κ2) is 15.2. The van der Waals surface area contributed by atoms with Gasteiger partial charge >= 0.3 is 35.8 Å². The molecule has 0 spiro atoms. The smallest absolute Gasteiger partial charge is 0.342 e. The van der Waals surface area contributed by atoms with Gasteiger partial charge in [0.15, 0.2) is 0 Å². The molecule has 204 valence electrons. The number of carbonyl (C=O) groups excluding carboxylic acids is 5. The molecule has 12 heteroatoms. The molecular weight excluding hydrogens is 492 g/mol. The number of rotatable bonds is 14. The number of para-hydroxylation sites is 1. The van der Waals surface area contributed by atoms with Crippen LogP contribution < -0.4 is 4.74 Å². The summed E-state index contributed by atoms with van der Waals surface area (Å²) in [6.45, 7) is 7.04. The fourth-order valence-corrected chi connectivity index (χ4v) is 3.06. The molecule has 0 saturated carbocycles. The van der Waals surface area contributed by atoms with Gasteiger partial charge in [-0.15, -0.1) is 0 Å². The minimum Gasteiger partial charge on any atom is -0.481 e. The Morgan fingerprint density at radius 2 is 1.08 bits per heavy atom. The Balaban J connectivity index is 2.44. The normalized spacial score (nSPS) is 13.8. The van der Waals surface area contributed by atoms with Gasteiger partial charge in [0, 0.05) is 6.92 Å². The summed E-state index contributed by atoms with van der Waals surface area (Å²) < 4.78 is 25.4. The van der Waals surface area contributed by atoms with E-state index in [0.29, 0.717) is 0 Å². The Hall–Kier alpha value is -3.96. The zero-order valence-corrected chi connectivity index (χ0v) is 21.4. The topological polar surface area (TPSA) is 169 Å². The summed E-state index contributed by atoms with van der Waals surface area (Å²) in [5.74, 6) is -4.64. The van der Waals surface area contributed by atoms with Crippen LogP contribution in [0.15, 0.2) is 24.3 Å². The Kier molecular flexibility index (Phi) is 12.8. The largest absolute Gasteiger partial charge is 0.481 e. The third kappa shape index (κ3) is 13.1. The summed E-state index contributed by atoms with van der Waals surface area (Å²) in [5.41, 5.74) is 0.0170. The highest BCUT2D eigenvalue weighted by Gasteiger charge is 2.23. The van der Waals surface area contributed by atoms with Gasteiger partial charge in [-0.2, -0.15) is 0 Å². The van der Waals surface area contributed by atoms with Crippen LogP contribution in [0.3, 0.4) is 0 Å². The molecule has 0 aliphatic heterocycles. The lowest BCUT2D eigenvalue weighted by atomic mass is 10.2. The second-order valence-electron chi connectivity index (χ2n) is 8.42. The lowest BCUT2D eigenvalue weighted by Crippen LogP contribution is -2.27. The highest BCUT2D eigenvalue weighted by Crippen LogP contribution is 2.20. The standard InChI is InChI=1S/C25H32O12/c1-14(10-21(27)28)33-22(29)11-15(2)34-23(30)12-16(3)35-24(31)13-17(4)36-25(32)19-8-6-7-9-20(19)37-18(5)26/h6-9,14-17H,10-13H2,1-5H3,(H,27,28)/t14-,15-,16-,17-/m0/s1. The Morgan fingerprint density at radius 1 is 0.676 bits per heavy atom. The minimum absolute atomic E-state index is 0.0170. The van der Waals surface area contributed by atoms with Crippen LogP contribution in [0.1, 0.15) is 70.7 Å². The molecule has 0 aliphatic rings. The quantitative estimate of drug-likeness (QED) is 0.215. The first kappa shape index (κ1) is 31.1. The molecule has 0 aromatic heterocycles. The van der Waals surface area contributed by atoms with E-state index in [9.17, 15) is 28.8 Å². The number of ether oxygens (including phenoxy) is 5. The molecule has 37 heavy (non-hydrogen) atoms. The average molecular weight is 525 g/mol. The monoisotopic (exact) mass is 524 g/mol. The van der Waals surface area contributed by atoms with Crippen LogP contribution in [0.4, 0.5) is 0 Å². The lowest BCUT2D eigenvalue weighted by molar-refractivity contribution is -0.160. The van der Waals surface area contributed by atoms with Gasteiger partial charge in [-0.05, 0) is 39.8 Å². The average Bonchev–Trinajstić information content (AvgIpc) is 2.71. The number of aliphatic carboxylic acids is 1. The summed E-state index contributed by atoms with van der Waals surface area (Å²) in [6, 6.07) is 5.99. The maximum absolute atomic E-state index is 12.4. The summed E-state index contributed by atoms with van der Waals surface area (Å²) in [5, 5.41) is 8.68. The van der Waals surface area contributed by atoms with Crippen molar-refractivity contribution in [3.05, 3.63) is 29.8 Å². The van der Waals surface area contributed by atoms with Gasteiger partial charge in [0.1, 0.15) is 35.7 Å². The van der Waals surface area contributed by atoms with E-state index in [-0.39, 0.29) is 37.0 Å². The lowest BCUT2D eigenvalue weighted by Gasteiger charge is -2.18. The minimum atomic E-state index is -1.11. The van der Waals surface area contributed by atoms with Crippen molar-refractivity contribution >= 4 is 35.8 Å². The van der Waals surface area contributed by atoms with E-state index in [1.54, 1.807) is 12.1 Å². The SMILES string of the molecule is CC(=O)Oc1ccccc1C(=O)O[C@@H](C)CC(=O)O[C@@H](C)CC(=O)O[C@@H](C)CC(=O)O[C@@H](C)CC(=O)O. The van der Waals surface area contributed by atoms with Crippen LogP contribution in [-0.4, -0.2) is 65.3 Å². The van der Waals surface area contributed by atoms with Crippen molar-refractivity contribution in [2.24, 2.45) is 0 Å². The van der Waals surface area contributed by atoms with Crippen molar-refractivity contribution in [1.29, 1.82) is 0 Å². The fourth-order valence-electron chi connectivity index (χ4n) is 3.06. The number of hydrogen-bond acceptors (Lipinski definition) is 11. The van der Waals surface area contributed by atoms with E-state index in [1.807, 2.05) is 0 Å². The van der Waals surface area contributed by atoms with Crippen molar-refractivity contribution in [3.63, 3.8) is 0 Å². The molecule has 12 nitrogen and oxygen atoms in total. The van der Waals surface area contributed by atoms with Crippen molar-refractivity contribution < 1.29 is 57.6 Å². The molecule has 0 saturated heterocycles. The number of carboxylic acids is 1. The molecule has 1 N–H and O–H groups in total. The first-order chi connectivity index (χ1) is 17.3. The fraction of sp³-hybridized carbons (Fsp3) is 0.520. The van der Waals surface area contributed by atoms with Crippen LogP contribution in [0.5, 0.6) is 5.75 Å². The Bertz CT molecular complexity index is 986. The number of carbonyl (C=O) groups is 6. The molecule has 0 amide bonds. The van der Waals surface area contributed by atoms with Gasteiger partial charge in [-0.25, -0.2) is 4.79 Å². The van der Waals surface area contributed by atoms with Crippen molar-refractivity contribution in [2.45, 2.75) is 84.7 Å². The van der Waals surface area contributed by atoms with E-state index in [0.717, 1.165) is 0 Å². The predicted octanol–water partition coefficient (Wildman–Crippen LogP) is 2.60. The number of hydrogen-bond donors (Lipinski definition) is 1. The Morgan fingerprint density at radius 3 is 1.51 bits per heavy atom. The maximum atomic E-state index is 12.4. The number of esters is 5. The van der Waals surface area contributed by atoms with Crippen molar-refractivity contribution in [1.82, 2.24) is 0 Å². The molecule has 1 aromatic rings. The molecule has 0 fully saturated rings. The van der Waals surface area contributed by atoms with E-state index < -0.39 is 60.2 Å². The summed E-state index contributed by atoms with van der Waals surface area (Å²) in [6.07, 6.45) is -4.59. The van der Waals surface area contributed by atoms with Crippen LogP contribution in [-0.2, 0) is 42.9 Å². The van der Waals surface area contributed by atoms with E-state index >= 15 is 0 Å². The molecule has 1 aromatic carbocycles. The van der Waals surface area contributed by atoms with Gasteiger partial charge in [-0.3, -0.25) is 24.0 Å². The summed E-state index contributed by atoms with van der Waals surface area (Å²) in [4.78, 5) is 70.3. The molecule has 0 bridgehead atoms. The third-order valence-corrected chi connectivity index (χ3v) is 4.49. The zero-order chi connectivity index (χ0) is 28.1. The summed E-state index contributed by atoms with van der Waals surface area (Å²) in [7, 11) is 0. The molecule has 0 radical (unpaired) electrons. The Labute approximate surface area is 214 Å². The van der Waals surface area contributed by atoms with Gasteiger partial charge in [-0.1, -0.05) is 12.1 Å². The third-order valence-electron chi connectivity index (χ3n) is 4.49. The number of benzene rings is 1. The molecule has 0 heterocycles. The van der Waals surface area contributed by atoms with Gasteiger partial charge in [0.2, 0.25) is 0 Å². The highest BCUT2D eigenvalue weighted by atomic mass is 16.6. The zero-order valence-electron chi connectivity index (χ0n) is 21.4. The molecule has 4 atom stereocenters. The van der Waals surface area contributed by atoms with E-state index in [1.165, 1.54) is 46.8 Å². The molecule has 0 unspecified atom stereocenters. The van der Waals surface area contributed by atoms with Gasteiger partial charge < -0.3 is 28.8 Å². The van der Waals surface area contributed by atoms with Crippen LogP contribution >= 0.6 is 0 Å². The molecule has 1 rings (SSSR count). The van der Waals surface area contributed by atoms with Crippen molar-refractivity contribution in [2.75, 3.05) is 0 Å². The van der Waals surface area contributed by atoms with E-state index in [4.69, 9.17) is 28.8 Å². The highest BCUT2D eigenvalue weighted by molar-refractivity contribution is 5.93. The number of carboxylic acid groups (broad SMARTS) is 1. The van der Waals surface area contributed by atoms with Crippen LogP contribution in [0.25, 0.3) is 0 Å². The van der Waals surface area contributed by atoms with Crippen molar-refractivity contribution in [3.8, 4) is 5.75 Å². The maximum Gasteiger partial charge on any atom is 0.342 e. The van der Waals surface area contributed by atoms with E-state index in [2.05, 4.69) is 0 Å². The first-order valence-electron chi connectivity index (χ1n) is 11.5. The molecule has 0 aliphatic carbocycles. The van der Waals surface area contributed by atoms with Gasteiger partial charge in [0.05, 0.1) is 25.7 Å². The second-order valence-corrected chi connectivity index (χ2v) is 8.42. The van der Waals surface area contributed by atoms with Crippen LogP contribution in [0, 0.1) is 0 Å².